The van der Waals surface area contributed by atoms with Gasteiger partial charge in [0.25, 0.3) is 5.91 Å². The summed E-state index contributed by atoms with van der Waals surface area (Å²) in [6.45, 7) is 3.61. The molecule has 0 radical (unpaired) electrons. The van der Waals surface area contributed by atoms with E-state index in [4.69, 9.17) is 4.74 Å². The van der Waals surface area contributed by atoms with Crippen LogP contribution in [-0.2, 0) is 9.53 Å². The van der Waals surface area contributed by atoms with E-state index in [1.165, 1.54) is 5.56 Å². The second kappa shape index (κ2) is 7.41. The second-order valence-corrected chi connectivity index (χ2v) is 5.14. The van der Waals surface area contributed by atoms with Crippen LogP contribution >= 0.6 is 0 Å². The maximum atomic E-state index is 11.8. The van der Waals surface area contributed by atoms with E-state index in [2.05, 4.69) is 5.32 Å². The van der Waals surface area contributed by atoms with Crippen molar-refractivity contribution < 1.29 is 14.3 Å². The number of amides is 1. The number of hydrogen-bond acceptors (Lipinski definition) is 3. The molecule has 0 aliphatic rings. The molecule has 0 saturated carbocycles. The lowest BCUT2D eigenvalue weighted by atomic mass is 10.1. The number of carbonyl (C=O) groups excluding carboxylic acids is 2. The van der Waals surface area contributed by atoms with Crippen molar-refractivity contribution in [3.05, 3.63) is 71.3 Å². The van der Waals surface area contributed by atoms with Crippen LogP contribution in [0.25, 0.3) is 0 Å². The zero-order valence-corrected chi connectivity index (χ0v) is 12.7. The Morgan fingerprint density at radius 3 is 2.32 bits per heavy atom. The molecule has 1 atom stereocenters. The highest BCUT2D eigenvalue weighted by Crippen LogP contribution is 2.12. The lowest BCUT2D eigenvalue weighted by molar-refractivity contribution is -0.124. The van der Waals surface area contributed by atoms with Crippen molar-refractivity contribution in [2.75, 3.05) is 6.61 Å². The molecule has 114 valence electrons. The van der Waals surface area contributed by atoms with E-state index < -0.39 is 5.97 Å². The third kappa shape index (κ3) is 4.45. The van der Waals surface area contributed by atoms with E-state index in [0.29, 0.717) is 5.56 Å². The Balaban J connectivity index is 1.83. The summed E-state index contributed by atoms with van der Waals surface area (Å²) >= 11 is 0. The third-order valence-corrected chi connectivity index (χ3v) is 3.30. The van der Waals surface area contributed by atoms with E-state index in [9.17, 15) is 9.59 Å². The third-order valence-electron chi connectivity index (χ3n) is 3.30. The first kappa shape index (κ1) is 15.8. The van der Waals surface area contributed by atoms with Crippen molar-refractivity contribution in [1.29, 1.82) is 0 Å². The lowest BCUT2D eigenvalue weighted by Crippen LogP contribution is -2.31. The number of nitrogens with one attached hydrogen (secondary N) is 1. The number of ether oxygens (including phenoxy) is 1. The highest BCUT2D eigenvalue weighted by molar-refractivity contribution is 5.91. The molecule has 0 heterocycles. The van der Waals surface area contributed by atoms with Gasteiger partial charge in [-0.25, -0.2) is 4.79 Å². The Kier molecular flexibility index (Phi) is 5.31. The van der Waals surface area contributed by atoms with Crippen LogP contribution in [0.2, 0.25) is 0 Å². The fourth-order valence-electron chi connectivity index (χ4n) is 2.01. The maximum absolute atomic E-state index is 11.8. The molecule has 1 N–H and O–H groups in total. The first-order valence-corrected chi connectivity index (χ1v) is 7.14. The molecule has 1 amide bonds. The van der Waals surface area contributed by atoms with Crippen LogP contribution in [0.4, 0.5) is 0 Å². The largest absolute Gasteiger partial charge is 0.452 e. The summed E-state index contributed by atoms with van der Waals surface area (Å²) in [5, 5.41) is 2.81. The molecule has 2 aromatic rings. The van der Waals surface area contributed by atoms with E-state index in [-0.39, 0.29) is 18.6 Å². The van der Waals surface area contributed by atoms with Gasteiger partial charge in [-0.2, -0.15) is 0 Å². The van der Waals surface area contributed by atoms with Gasteiger partial charge in [-0.3, -0.25) is 4.79 Å². The monoisotopic (exact) mass is 297 g/mol. The van der Waals surface area contributed by atoms with Gasteiger partial charge in [0.1, 0.15) is 0 Å². The first-order chi connectivity index (χ1) is 10.6. The topological polar surface area (TPSA) is 55.4 Å². The molecule has 22 heavy (non-hydrogen) atoms. The van der Waals surface area contributed by atoms with E-state index in [0.717, 1.165) is 5.56 Å². The average Bonchev–Trinajstić information content (AvgIpc) is 2.54. The van der Waals surface area contributed by atoms with Crippen LogP contribution in [-0.4, -0.2) is 18.5 Å². The molecule has 2 rings (SSSR count). The van der Waals surface area contributed by atoms with Gasteiger partial charge < -0.3 is 10.1 Å². The molecule has 4 nitrogen and oxygen atoms in total. The van der Waals surface area contributed by atoms with Crippen LogP contribution in [0.15, 0.2) is 54.6 Å². The van der Waals surface area contributed by atoms with Crippen molar-refractivity contribution in [1.82, 2.24) is 5.32 Å². The highest BCUT2D eigenvalue weighted by Gasteiger charge is 2.12. The second-order valence-electron chi connectivity index (χ2n) is 5.14. The van der Waals surface area contributed by atoms with Crippen molar-refractivity contribution in [2.45, 2.75) is 19.9 Å². The number of aryl methyl sites for hydroxylation is 1. The van der Waals surface area contributed by atoms with Crippen LogP contribution in [0.3, 0.4) is 0 Å². The van der Waals surface area contributed by atoms with Crippen LogP contribution in [0.1, 0.15) is 34.5 Å². The Morgan fingerprint density at radius 1 is 1.05 bits per heavy atom. The molecule has 0 aliphatic carbocycles. The lowest BCUT2D eigenvalue weighted by Gasteiger charge is -2.14. The van der Waals surface area contributed by atoms with Gasteiger partial charge in [-0.15, -0.1) is 0 Å². The molecule has 4 heteroatoms. The Bertz CT molecular complexity index is 635. The first-order valence-electron chi connectivity index (χ1n) is 7.14. The summed E-state index contributed by atoms with van der Waals surface area (Å²) in [7, 11) is 0. The molecule has 0 bridgehead atoms. The van der Waals surface area contributed by atoms with Gasteiger partial charge in [0.15, 0.2) is 6.61 Å². The molecule has 0 fully saturated rings. The van der Waals surface area contributed by atoms with Crippen LogP contribution in [0.5, 0.6) is 0 Å². The van der Waals surface area contributed by atoms with E-state index >= 15 is 0 Å². The number of esters is 1. The minimum absolute atomic E-state index is 0.136. The SMILES string of the molecule is Cc1ccc(C(C)NC(=O)COC(=O)c2ccccc2)cc1. The molecule has 0 aliphatic heterocycles. The summed E-state index contributed by atoms with van der Waals surface area (Å²) in [4.78, 5) is 23.6. The Hall–Kier alpha value is -2.62. The van der Waals surface area contributed by atoms with E-state index in [1.807, 2.05) is 44.2 Å². The highest BCUT2D eigenvalue weighted by atomic mass is 16.5. The van der Waals surface area contributed by atoms with Gasteiger partial charge in [-0.05, 0) is 31.5 Å². The summed E-state index contributed by atoms with van der Waals surface area (Å²) in [6, 6.07) is 16.4. The molecule has 2 aromatic carbocycles. The average molecular weight is 297 g/mol. The fourth-order valence-corrected chi connectivity index (χ4v) is 2.01. The number of carbonyl (C=O) groups is 2. The zero-order valence-electron chi connectivity index (χ0n) is 12.7. The van der Waals surface area contributed by atoms with Crippen molar-refractivity contribution in [2.24, 2.45) is 0 Å². The molecule has 0 spiro atoms. The maximum Gasteiger partial charge on any atom is 0.338 e. The number of benzene rings is 2. The molecular weight excluding hydrogens is 278 g/mol. The van der Waals surface area contributed by atoms with Crippen molar-refractivity contribution in [3.63, 3.8) is 0 Å². The molecular formula is C18H19NO3. The van der Waals surface area contributed by atoms with Gasteiger partial charge in [-0.1, -0.05) is 48.0 Å². The minimum atomic E-state index is -0.501. The Morgan fingerprint density at radius 2 is 1.68 bits per heavy atom. The smallest absolute Gasteiger partial charge is 0.338 e. The quantitative estimate of drug-likeness (QED) is 0.863. The number of rotatable bonds is 5. The summed E-state index contributed by atoms with van der Waals surface area (Å²) in [5.74, 6) is -0.823. The minimum Gasteiger partial charge on any atom is -0.452 e. The normalized spacial score (nSPS) is 11.5. The Labute approximate surface area is 130 Å². The number of hydrogen-bond donors (Lipinski definition) is 1. The molecule has 1 unspecified atom stereocenters. The molecule has 0 aromatic heterocycles. The summed E-state index contributed by atoms with van der Waals surface area (Å²) < 4.78 is 4.99. The van der Waals surface area contributed by atoms with Crippen molar-refractivity contribution in [3.8, 4) is 0 Å². The van der Waals surface area contributed by atoms with E-state index in [1.54, 1.807) is 24.3 Å². The molecule has 0 saturated heterocycles. The van der Waals surface area contributed by atoms with Crippen molar-refractivity contribution >= 4 is 11.9 Å². The predicted octanol–water partition coefficient (Wildman–Crippen LogP) is 3.03. The van der Waals surface area contributed by atoms with Gasteiger partial charge in [0.05, 0.1) is 11.6 Å². The van der Waals surface area contributed by atoms with Gasteiger partial charge in [0.2, 0.25) is 0 Å². The van der Waals surface area contributed by atoms with Crippen LogP contribution in [0, 0.1) is 6.92 Å². The predicted molar refractivity (Wildman–Crippen MR) is 84.5 cm³/mol. The summed E-state index contributed by atoms with van der Waals surface area (Å²) in [5.41, 5.74) is 2.61. The summed E-state index contributed by atoms with van der Waals surface area (Å²) in [6.07, 6.45) is 0. The zero-order chi connectivity index (χ0) is 15.9. The standard InChI is InChI=1S/C18H19NO3/c1-13-8-10-15(11-9-13)14(2)19-17(20)12-22-18(21)16-6-4-3-5-7-16/h3-11,14H,12H2,1-2H3,(H,19,20). The van der Waals surface area contributed by atoms with Gasteiger partial charge >= 0.3 is 5.97 Å². The fraction of sp³-hybridized carbons (Fsp3) is 0.222. The van der Waals surface area contributed by atoms with Crippen LogP contribution < -0.4 is 5.32 Å². The van der Waals surface area contributed by atoms with Gasteiger partial charge in [0, 0.05) is 0 Å².